The highest BCUT2D eigenvalue weighted by Crippen LogP contribution is 2.38. The van der Waals surface area contributed by atoms with Gasteiger partial charge in [-0.3, -0.25) is 14.7 Å². The summed E-state index contributed by atoms with van der Waals surface area (Å²) in [7, 11) is 1.55. The fourth-order valence-corrected chi connectivity index (χ4v) is 3.89. The number of para-hydroxylation sites is 1. The zero-order valence-corrected chi connectivity index (χ0v) is 21.6. The van der Waals surface area contributed by atoms with E-state index >= 15 is 0 Å². The van der Waals surface area contributed by atoms with Crippen molar-refractivity contribution >= 4 is 11.8 Å². The summed E-state index contributed by atoms with van der Waals surface area (Å²) in [5, 5.41) is 17.1. The van der Waals surface area contributed by atoms with Gasteiger partial charge in [-0.15, -0.1) is 12.3 Å². The summed E-state index contributed by atoms with van der Waals surface area (Å²) in [4.78, 5) is 28.7. The molecule has 1 aliphatic rings. The number of carbonyl (C=O) groups excluding carboxylic acids is 2. The second kappa shape index (κ2) is 14.2. The Kier molecular flexibility index (Phi) is 10.7. The fourth-order valence-electron chi connectivity index (χ4n) is 3.89. The van der Waals surface area contributed by atoms with E-state index in [0.717, 1.165) is 6.20 Å². The molecule has 1 atom stereocenters. The Hall–Kier alpha value is -3.82. The topological polar surface area (TPSA) is 130 Å². The number of ether oxygens (including phenoxy) is 3. The number of amides is 2. The van der Waals surface area contributed by atoms with Crippen LogP contribution in [0.3, 0.4) is 0 Å². The normalized spacial score (nSPS) is 13.9. The van der Waals surface area contributed by atoms with Crippen molar-refractivity contribution < 1.29 is 28.2 Å². The lowest BCUT2D eigenvalue weighted by atomic mass is 9.99. The number of hydrogen-bond donors (Lipinski definition) is 2. The van der Waals surface area contributed by atoms with E-state index < -0.39 is 29.3 Å². The minimum Gasteiger partial charge on any atom is -0.491 e. The van der Waals surface area contributed by atoms with Crippen molar-refractivity contribution in [2.45, 2.75) is 37.9 Å². The molecule has 0 saturated carbocycles. The van der Waals surface area contributed by atoms with Crippen molar-refractivity contribution in [3.63, 3.8) is 0 Å². The molecule has 12 heteroatoms. The molecule has 2 aromatic rings. The van der Waals surface area contributed by atoms with Crippen LogP contribution in [0.1, 0.15) is 48.3 Å². The van der Waals surface area contributed by atoms with Crippen LogP contribution in [0.5, 0.6) is 5.75 Å². The molecule has 0 bridgehead atoms. The number of benzene rings is 1. The molecular weight excluding hydrogens is 495 g/mol. The van der Waals surface area contributed by atoms with Gasteiger partial charge in [-0.05, 0) is 13.0 Å². The first-order chi connectivity index (χ1) is 18.5. The minimum atomic E-state index is -1.17. The molecule has 0 spiro atoms. The number of nitrogens with one attached hydrogen (secondary N) is 2. The molecule has 204 valence electrons. The van der Waals surface area contributed by atoms with Crippen molar-refractivity contribution in [1.82, 2.24) is 20.4 Å². The summed E-state index contributed by atoms with van der Waals surface area (Å²) in [6, 6.07) is 5.71. The van der Waals surface area contributed by atoms with Crippen LogP contribution < -0.4 is 10.1 Å². The zero-order chi connectivity index (χ0) is 27.4. The molecule has 38 heavy (non-hydrogen) atoms. The van der Waals surface area contributed by atoms with Gasteiger partial charge in [-0.2, -0.15) is 15.3 Å². The van der Waals surface area contributed by atoms with Crippen LogP contribution >= 0.6 is 0 Å². The van der Waals surface area contributed by atoms with E-state index in [2.05, 4.69) is 31.7 Å². The Morgan fingerprint density at radius 1 is 1.24 bits per heavy atom. The van der Waals surface area contributed by atoms with Gasteiger partial charge in [0.15, 0.2) is 17.2 Å². The highest BCUT2D eigenvalue weighted by atomic mass is 19.1. The average molecular weight is 529 g/mol. The monoisotopic (exact) mass is 528 g/mol. The molecule has 0 aliphatic carbocycles. The predicted octanol–water partition coefficient (Wildman–Crippen LogP) is 2.88. The predicted molar refractivity (Wildman–Crippen MR) is 136 cm³/mol. The summed E-state index contributed by atoms with van der Waals surface area (Å²) in [5.74, 6) is 0.899. The molecule has 0 fully saturated rings. The van der Waals surface area contributed by atoms with Crippen LogP contribution in [-0.4, -0.2) is 79.2 Å². The maximum atomic E-state index is 14.5. The van der Waals surface area contributed by atoms with Crippen LogP contribution in [0.2, 0.25) is 0 Å². The van der Waals surface area contributed by atoms with Gasteiger partial charge in [-0.1, -0.05) is 18.2 Å². The van der Waals surface area contributed by atoms with E-state index in [0.29, 0.717) is 43.8 Å². The lowest BCUT2D eigenvalue weighted by Crippen LogP contribution is -2.46. The third-order valence-electron chi connectivity index (χ3n) is 5.94. The first kappa shape index (κ1) is 28.7. The number of aromatic nitrogens is 2. The lowest BCUT2D eigenvalue weighted by Gasteiger charge is -2.32. The second-order valence-electron chi connectivity index (χ2n) is 8.50. The number of methoxy groups -OCH3 is 1. The van der Waals surface area contributed by atoms with Gasteiger partial charge in [0.05, 0.1) is 19.4 Å². The zero-order valence-electron chi connectivity index (χ0n) is 21.6. The summed E-state index contributed by atoms with van der Waals surface area (Å²) >= 11 is 0. The number of aromatic amines is 1. The minimum absolute atomic E-state index is 0.0326. The number of terminal acetylenes is 1. The number of nitrogens with zero attached hydrogens (tertiary/aromatic N) is 4. The molecule has 3 rings (SSSR count). The molecule has 2 amide bonds. The number of carbonyl (C=O) groups is 2. The number of rotatable bonds is 17. The maximum absolute atomic E-state index is 14.5. The number of H-pyrrole nitrogens is 1. The molecule has 1 aromatic heterocycles. The van der Waals surface area contributed by atoms with Crippen LogP contribution in [0.4, 0.5) is 4.39 Å². The van der Waals surface area contributed by atoms with Crippen molar-refractivity contribution in [2.75, 3.05) is 46.6 Å². The van der Waals surface area contributed by atoms with E-state index in [4.69, 9.17) is 20.6 Å². The Labute approximate surface area is 221 Å². The van der Waals surface area contributed by atoms with Gasteiger partial charge in [0.1, 0.15) is 18.4 Å². The van der Waals surface area contributed by atoms with E-state index in [1.807, 2.05) is 6.92 Å². The van der Waals surface area contributed by atoms with Gasteiger partial charge in [-0.25, -0.2) is 4.39 Å². The molecule has 2 N–H and O–H groups in total. The summed E-state index contributed by atoms with van der Waals surface area (Å²) in [5.41, 5.74) is -0.674. The van der Waals surface area contributed by atoms with Crippen molar-refractivity contribution in [1.29, 1.82) is 0 Å². The molecule has 1 aromatic carbocycles. The first-order valence-electron chi connectivity index (χ1n) is 12.4. The van der Waals surface area contributed by atoms with Gasteiger partial charge >= 0.3 is 0 Å². The van der Waals surface area contributed by atoms with Crippen LogP contribution in [0, 0.1) is 18.2 Å². The van der Waals surface area contributed by atoms with Gasteiger partial charge < -0.3 is 24.4 Å². The summed E-state index contributed by atoms with van der Waals surface area (Å²) < 4.78 is 30.8. The molecule has 11 nitrogen and oxygen atoms in total. The molecular formula is C26H33FN6O5. The molecule has 0 radical (unpaired) electrons. The molecule has 2 heterocycles. The molecule has 1 aliphatic heterocycles. The smallest absolute Gasteiger partial charge is 0.275 e. The quantitative estimate of drug-likeness (QED) is 0.240. The third-order valence-corrected chi connectivity index (χ3v) is 5.94. The largest absolute Gasteiger partial charge is 0.491 e. The Morgan fingerprint density at radius 3 is 2.68 bits per heavy atom. The van der Waals surface area contributed by atoms with Crippen molar-refractivity contribution in [3.05, 3.63) is 47.5 Å². The van der Waals surface area contributed by atoms with Gasteiger partial charge in [0, 0.05) is 51.6 Å². The Bertz CT molecular complexity index is 1140. The van der Waals surface area contributed by atoms with Gasteiger partial charge in [0.2, 0.25) is 5.91 Å². The highest BCUT2D eigenvalue weighted by molar-refractivity contribution is 5.97. The van der Waals surface area contributed by atoms with Crippen molar-refractivity contribution in [2.24, 2.45) is 10.2 Å². The van der Waals surface area contributed by atoms with E-state index in [9.17, 15) is 14.0 Å². The maximum Gasteiger partial charge on any atom is 0.275 e. The highest BCUT2D eigenvalue weighted by Gasteiger charge is 2.42. The average Bonchev–Trinajstić information content (AvgIpc) is 3.57. The van der Waals surface area contributed by atoms with Crippen LogP contribution in [-0.2, 0) is 14.3 Å². The molecule has 0 saturated heterocycles. The lowest BCUT2D eigenvalue weighted by molar-refractivity contribution is -0.126. The van der Waals surface area contributed by atoms with Crippen LogP contribution in [0.25, 0.3) is 0 Å². The number of hydrogen-bond acceptors (Lipinski definition) is 8. The number of halogens is 1. The van der Waals surface area contributed by atoms with Gasteiger partial charge in [0.25, 0.3) is 5.91 Å². The standard InChI is InChI=1S/C26H33FN6O5/c1-4-6-11-26(31-32-26)12-14-33(25(35)22-20(27)18-29-30-22)23(24(34)28-13-15-37-5-2)19-9-7-8-10-21(19)38-17-16-36-3/h1,7-10,18,23H,5-6,11-17H2,2-3H3,(H,28,34)(H,29,30). The second-order valence-corrected chi connectivity index (χ2v) is 8.50. The Morgan fingerprint density at radius 2 is 2.03 bits per heavy atom. The first-order valence-corrected chi connectivity index (χ1v) is 12.4. The fraction of sp³-hybridized carbons (Fsp3) is 0.500. The summed E-state index contributed by atoms with van der Waals surface area (Å²) in [6.45, 7) is 3.42. The van der Waals surface area contributed by atoms with E-state index in [1.54, 1.807) is 31.4 Å². The third kappa shape index (κ3) is 7.60. The van der Waals surface area contributed by atoms with E-state index in [-0.39, 0.29) is 32.0 Å². The Balaban J connectivity index is 1.99. The van der Waals surface area contributed by atoms with Crippen LogP contribution in [0.15, 0.2) is 40.7 Å². The van der Waals surface area contributed by atoms with E-state index in [1.165, 1.54) is 4.90 Å². The SMILES string of the molecule is C#CCCC1(CCN(C(=O)c2[nH]ncc2F)C(C(=O)NCCOCC)c2ccccc2OCCOC)N=N1. The summed E-state index contributed by atoms with van der Waals surface area (Å²) in [6.07, 6.45) is 7.57. The van der Waals surface area contributed by atoms with Crippen molar-refractivity contribution in [3.8, 4) is 18.1 Å². The molecule has 1 unspecified atom stereocenters.